The van der Waals surface area contributed by atoms with Gasteiger partial charge in [0.25, 0.3) is 0 Å². The topological polar surface area (TPSA) is 61.8 Å². The van der Waals surface area contributed by atoms with E-state index in [2.05, 4.69) is 0 Å². The normalized spacial score (nSPS) is 10.6. The van der Waals surface area contributed by atoms with Crippen molar-refractivity contribution in [3.8, 4) is 17.2 Å². The maximum Gasteiger partial charge on any atom is 0.346 e. The average Bonchev–Trinajstić information content (AvgIpc) is 2.78. The number of hydrogen-bond acceptors (Lipinski definition) is 5. The lowest BCUT2D eigenvalue weighted by molar-refractivity contribution is 0.0730. The van der Waals surface area contributed by atoms with Crippen molar-refractivity contribution in [3.05, 3.63) is 95.3 Å². The van der Waals surface area contributed by atoms with Gasteiger partial charge in [0.05, 0.1) is 19.8 Å². The molecule has 0 fully saturated rings. The maximum atomic E-state index is 13.7. The molecule has 0 N–H and O–H groups in total. The molecule has 0 unspecified atom stereocenters. The molecule has 0 heterocycles. The number of halogens is 1. The highest BCUT2D eigenvalue weighted by atomic mass is 19.1. The Balaban J connectivity index is 1.70. The second kappa shape index (κ2) is 9.52. The highest BCUT2D eigenvalue weighted by molar-refractivity contribution is 6.07. The van der Waals surface area contributed by atoms with Crippen molar-refractivity contribution in [1.29, 1.82) is 0 Å². The third-order valence-corrected chi connectivity index (χ3v) is 4.29. The first-order chi connectivity index (χ1) is 14.5. The first-order valence-corrected chi connectivity index (χ1v) is 9.03. The number of ketones is 1. The second-order valence-electron chi connectivity index (χ2n) is 6.20. The summed E-state index contributed by atoms with van der Waals surface area (Å²) in [6, 6.07) is 16.8. The minimum atomic E-state index is -0.808. The Labute approximate surface area is 173 Å². The molecule has 152 valence electrons. The molecule has 3 rings (SSSR count). The number of benzene rings is 3. The Bertz CT molecular complexity index is 1090. The Hall–Kier alpha value is -3.93. The van der Waals surface area contributed by atoms with Gasteiger partial charge in [0.15, 0.2) is 5.78 Å². The summed E-state index contributed by atoms with van der Waals surface area (Å²) in [5.41, 5.74) is 0.937. The zero-order valence-corrected chi connectivity index (χ0v) is 16.4. The molecule has 0 amide bonds. The van der Waals surface area contributed by atoms with Gasteiger partial charge in [-0.2, -0.15) is 0 Å². The van der Waals surface area contributed by atoms with Crippen molar-refractivity contribution >= 4 is 17.8 Å². The Morgan fingerprint density at radius 3 is 2.23 bits per heavy atom. The van der Waals surface area contributed by atoms with Crippen molar-refractivity contribution in [2.75, 3.05) is 14.2 Å². The van der Waals surface area contributed by atoms with E-state index in [9.17, 15) is 14.0 Å². The number of rotatable bonds is 7. The van der Waals surface area contributed by atoms with Crippen LogP contribution in [-0.4, -0.2) is 26.0 Å². The minimum absolute atomic E-state index is 0.159. The molecule has 0 saturated carbocycles. The van der Waals surface area contributed by atoms with E-state index in [4.69, 9.17) is 14.2 Å². The Morgan fingerprint density at radius 2 is 1.57 bits per heavy atom. The molecular formula is C24H19FO5. The monoisotopic (exact) mass is 406 g/mol. The Kier molecular flexibility index (Phi) is 6.60. The number of ether oxygens (including phenoxy) is 3. The number of carbonyl (C=O) groups excluding carboxylic acids is 2. The predicted octanol–water partition coefficient (Wildman–Crippen LogP) is 4.96. The molecule has 3 aromatic rings. The van der Waals surface area contributed by atoms with Crippen molar-refractivity contribution < 1.29 is 28.2 Å². The van der Waals surface area contributed by atoms with E-state index < -0.39 is 11.8 Å². The molecule has 30 heavy (non-hydrogen) atoms. The molecule has 0 aliphatic heterocycles. The van der Waals surface area contributed by atoms with Crippen LogP contribution in [-0.2, 0) is 0 Å². The maximum absolute atomic E-state index is 13.7. The van der Waals surface area contributed by atoms with Gasteiger partial charge in [-0.3, -0.25) is 4.79 Å². The van der Waals surface area contributed by atoms with Crippen LogP contribution >= 0.6 is 0 Å². The molecule has 0 radical (unpaired) electrons. The van der Waals surface area contributed by atoms with Crippen molar-refractivity contribution in [1.82, 2.24) is 0 Å². The van der Waals surface area contributed by atoms with Crippen LogP contribution in [0.1, 0.15) is 26.3 Å². The van der Waals surface area contributed by atoms with Gasteiger partial charge in [-0.1, -0.05) is 12.1 Å². The average molecular weight is 406 g/mol. The van der Waals surface area contributed by atoms with Gasteiger partial charge in [-0.25, -0.2) is 9.18 Å². The van der Waals surface area contributed by atoms with Crippen LogP contribution in [0, 0.1) is 5.82 Å². The molecule has 0 aromatic heterocycles. The summed E-state index contributed by atoms with van der Waals surface area (Å²) in [5.74, 6) is -0.256. The molecule has 0 atom stereocenters. The third-order valence-electron chi connectivity index (χ3n) is 4.29. The van der Waals surface area contributed by atoms with Crippen molar-refractivity contribution in [3.63, 3.8) is 0 Å². The van der Waals surface area contributed by atoms with Gasteiger partial charge >= 0.3 is 5.97 Å². The van der Waals surface area contributed by atoms with Gasteiger partial charge in [-0.05, 0) is 66.7 Å². The summed E-state index contributed by atoms with van der Waals surface area (Å²) in [6.07, 6.45) is 3.05. The molecular weight excluding hydrogens is 387 g/mol. The fourth-order valence-corrected chi connectivity index (χ4v) is 2.71. The SMILES string of the molecule is COc1ccc(OC)c(/C=C/C(=O)c2ccc(OC(=O)c3ccccc3F)cc2)c1. The molecule has 0 saturated heterocycles. The van der Waals surface area contributed by atoms with Crippen LogP contribution in [0.5, 0.6) is 17.2 Å². The fraction of sp³-hybridized carbons (Fsp3) is 0.0833. The summed E-state index contributed by atoms with van der Waals surface area (Å²) < 4.78 is 29.3. The largest absolute Gasteiger partial charge is 0.497 e. The molecule has 3 aromatic carbocycles. The van der Waals surface area contributed by atoms with Crippen LogP contribution in [0.3, 0.4) is 0 Å². The van der Waals surface area contributed by atoms with E-state index in [0.717, 1.165) is 0 Å². The number of esters is 1. The summed E-state index contributed by atoms with van der Waals surface area (Å²) >= 11 is 0. The molecule has 6 heteroatoms. The lowest BCUT2D eigenvalue weighted by Crippen LogP contribution is -2.10. The van der Waals surface area contributed by atoms with E-state index in [1.54, 1.807) is 44.6 Å². The third kappa shape index (κ3) is 4.91. The molecule has 0 aliphatic carbocycles. The van der Waals surface area contributed by atoms with E-state index in [1.807, 2.05) is 0 Å². The molecule has 5 nitrogen and oxygen atoms in total. The van der Waals surface area contributed by atoms with Gasteiger partial charge in [0.2, 0.25) is 0 Å². The van der Waals surface area contributed by atoms with Crippen LogP contribution in [0.4, 0.5) is 4.39 Å². The zero-order chi connectivity index (χ0) is 21.5. The predicted molar refractivity (Wildman–Crippen MR) is 111 cm³/mol. The smallest absolute Gasteiger partial charge is 0.346 e. The van der Waals surface area contributed by atoms with E-state index in [0.29, 0.717) is 22.6 Å². The second-order valence-corrected chi connectivity index (χ2v) is 6.20. The first kappa shape index (κ1) is 20.8. The van der Waals surface area contributed by atoms with Gasteiger partial charge < -0.3 is 14.2 Å². The Morgan fingerprint density at radius 1 is 0.867 bits per heavy atom. The zero-order valence-electron chi connectivity index (χ0n) is 16.4. The molecule has 0 spiro atoms. The van der Waals surface area contributed by atoms with Crippen LogP contribution in [0.2, 0.25) is 0 Å². The summed E-state index contributed by atoms with van der Waals surface area (Å²) in [4.78, 5) is 24.5. The lowest BCUT2D eigenvalue weighted by Gasteiger charge is -2.07. The van der Waals surface area contributed by atoms with Crippen LogP contribution in [0.15, 0.2) is 72.8 Å². The standard InChI is InChI=1S/C24H19FO5/c1-28-19-12-14-23(29-2)17(15-19)9-13-22(26)16-7-10-18(11-8-16)30-24(27)20-5-3-4-6-21(20)25/h3-15H,1-2H3/b13-9+. The van der Waals surface area contributed by atoms with Crippen molar-refractivity contribution in [2.45, 2.75) is 0 Å². The number of carbonyl (C=O) groups is 2. The van der Waals surface area contributed by atoms with Gasteiger partial charge in [0, 0.05) is 11.1 Å². The lowest BCUT2D eigenvalue weighted by atomic mass is 10.1. The number of methoxy groups -OCH3 is 2. The first-order valence-electron chi connectivity index (χ1n) is 9.03. The van der Waals surface area contributed by atoms with Gasteiger partial charge in [-0.15, -0.1) is 0 Å². The highest BCUT2D eigenvalue weighted by Crippen LogP contribution is 2.25. The quantitative estimate of drug-likeness (QED) is 0.240. The van der Waals surface area contributed by atoms with Gasteiger partial charge in [0.1, 0.15) is 23.1 Å². The van der Waals surface area contributed by atoms with E-state index in [-0.39, 0.29) is 17.1 Å². The van der Waals surface area contributed by atoms with E-state index >= 15 is 0 Å². The minimum Gasteiger partial charge on any atom is -0.497 e. The molecule has 0 bridgehead atoms. The summed E-state index contributed by atoms with van der Waals surface area (Å²) in [7, 11) is 3.10. The molecule has 0 aliphatic rings. The number of hydrogen-bond donors (Lipinski definition) is 0. The fourth-order valence-electron chi connectivity index (χ4n) is 2.71. The van der Waals surface area contributed by atoms with E-state index in [1.165, 1.54) is 48.5 Å². The highest BCUT2D eigenvalue weighted by Gasteiger charge is 2.13. The number of allylic oxidation sites excluding steroid dienone is 1. The van der Waals surface area contributed by atoms with Crippen molar-refractivity contribution in [2.24, 2.45) is 0 Å². The van der Waals surface area contributed by atoms with Crippen LogP contribution in [0.25, 0.3) is 6.08 Å². The summed E-state index contributed by atoms with van der Waals surface area (Å²) in [5, 5.41) is 0. The summed E-state index contributed by atoms with van der Waals surface area (Å²) in [6.45, 7) is 0. The van der Waals surface area contributed by atoms with Crippen LogP contribution < -0.4 is 14.2 Å².